The summed E-state index contributed by atoms with van der Waals surface area (Å²) < 4.78 is 3.58. The maximum Gasteiger partial charge on any atom is 0.263 e. The molecule has 0 unspecified atom stereocenters. The molecule has 0 amide bonds. The Morgan fingerprint density at radius 2 is 1.42 bits per heavy atom. The Morgan fingerprint density at radius 3 is 2.13 bits per heavy atom. The van der Waals surface area contributed by atoms with Gasteiger partial charge in [-0.3, -0.25) is 0 Å². The largest absolute Gasteiger partial charge is 0.310 e. The molecule has 0 saturated carbocycles. The molecular formula is C40H27N3S2. The predicted octanol–water partition coefficient (Wildman–Crippen LogP) is 12.6. The quantitative estimate of drug-likeness (QED) is 0.112. The molecular weight excluding hydrogens is 587 g/mol. The van der Waals surface area contributed by atoms with Gasteiger partial charge in [0.2, 0.25) is 0 Å². The van der Waals surface area contributed by atoms with Crippen molar-refractivity contribution >= 4 is 97.6 Å². The van der Waals surface area contributed by atoms with Crippen LogP contribution in [0, 0.1) is 17.9 Å². The highest BCUT2D eigenvalue weighted by atomic mass is 32.1. The van der Waals surface area contributed by atoms with Crippen LogP contribution in [0.15, 0.2) is 109 Å². The lowest BCUT2D eigenvalue weighted by molar-refractivity contribution is 0.590. The van der Waals surface area contributed by atoms with E-state index in [4.69, 9.17) is 6.57 Å². The summed E-state index contributed by atoms with van der Waals surface area (Å²) in [6, 6.07) is 39.9. The SMILES string of the molecule is [C-]#[N+]/C(C#N)=C\c1cc2sc3cc(N(c4ccc(C(C)(C)C)cc4)c4ccc5ccc6cccc7ccc4c5c67)ccc3c2s1. The summed E-state index contributed by atoms with van der Waals surface area (Å²) in [4.78, 5) is 6.66. The van der Waals surface area contributed by atoms with E-state index >= 15 is 0 Å². The van der Waals surface area contributed by atoms with Gasteiger partial charge in [-0.05, 0) is 80.4 Å². The molecule has 0 saturated heterocycles. The van der Waals surface area contributed by atoms with E-state index in [1.54, 1.807) is 28.7 Å². The van der Waals surface area contributed by atoms with Crippen LogP contribution in [0.2, 0.25) is 0 Å². The van der Waals surface area contributed by atoms with Crippen LogP contribution >= 0.6 is 22.7 Å². The minimum Gasteiger partial charge on any atom is -0.310 e. The van der Waals surface area contributed by atoms with E-state index in [-0.39, 0.29) is 11.1 Å². The molecule has 6 aromatic carbocycles. The van der Waals surface area contributed by atoms with Crippen LogP contribution in [0.4, 0.5) is 17.1 Å². The monoisotopic (exact) mass is 613 g/mol. The Balaban J connectivity index is 1.34. The zero-order chi connectivity index (χ0) is 30.9. The van der Waals surface area contributed by atoms with Gasteiger partial charge >= 0.3 is 0 Å². The molecule has 8 rings (SSSR count). The van der Waals surface area contributed by atoms with Crippen molar-refractivity contribution in [2.45, 2.75) is 26.2 Å². The van der Waals surface area contributed by atoms with E-state index in [1.165, 1.54) is 57.4 Å². The molecule has 8 aromatic rings. The molecule has 0 radical (unpaired) electrons. The number of nitriles is 1. The average Bonchev–Trinajstić information content (AvgIpc) is 3.60. The maximum absolute atomic E-state index is 9.23. The van der Waals surface area contributed by atoms with Crippen molar-refractivity contribution in [1.29, 1.82) is 5.26 Å². The van der Waals surface area contributed by atoms with Gasteiger partial charge in [-0.2, -0.15) is 0 Å². The number of allylic oxidation sites excluding steroid dienone is 1. The number of anilines is 3. The fraction of sp³-hybridized carbons (Fsp3) is 0.100. The van der Waals surface area contributed by atoms with Gasteiger partial charge in [0.05, 0.1) is 23.0 Å². The second-order valence-electron chi connectivity index (χ2n) is 12.5. The highest BCUT2D eigenvalue weighted by Gasteiger charge is 2.21. The van der Waals surface area contributed by atoms with Crippen molar-refractivity contribution in [2.75, 3.05) is 4.90 Å². The van der Waals surface area contributed by atoms with Crippen LogP contribution in [0.1, 0.15) is 31.2 Å². The minimum absolute atomic E-state index is 0.0643. The first-order valence-electron chi connectivity index (χ1n) is 14.8. The number of fused-ring (bicyclic) bond motifs is 3. The van der Waals surface area contributed by atoms with E-state index in [0.717, 1.165) is 21.9 Å². The summed E-state index contributed by atoms with van der Waals surface area (Å²) in [6.45, 7) is 14.0. The summed E-state index contributed by atoms with van der Waals surface area (Å²) in [5, 5.41) is 18.0. The molecule has 0 fully saturated rings. The molecule has 2 aromatic heterocycles. The summed E-state index contributed by atoms with van der Waals surface area (Å²) >= 11 is 3.39. The minimum atomic E-state index is 0.0643. The Hall–Kier alpha value is -5.20. The normalized spacial score (nSPS) is 12.4. The summed E-state index contributed by atoms with van der Waals surface area (Å²) in [5.74, 6) is 0. The number of hydrogen-bond acceptors (Lipinski definition) is 4. The molecule has 0 aliphatic carbocycles. The Labute approximate surface area is 269 Å². The van der Waals surface area contributed by atoms with Crippen molar-refractivity contribution in [3.05, 3.63) is 131 Å². The molecule has 2 heterocycles. The fourth-order valence-corrected chi connectivity index (χ4v) is 8.95. The first-order valence-corrected chi connectivity index (χ1v) is 16.5. The number of thiophene rings is 2. The standard InChI is InChI=1S/C40H27N3S2/c1-40(2,3)27-12-14-29(15-13-27)43(34-19-11-26-9-8-24-6-5-7-25-10-17-32(34)38(26)37(24)25)30-16-18-33-35(21-30)45-36-22-31(44-39(33)36)20-28(23-41)42-4/h5-22H,1-3H3/b28-20-. The van der Waals surface area contributed by atoms with Crippen LogP contribution in [0.5, 0.6) is 0 Å². The van der Waals surface area contributed by atoms with Crippen molar-refractivity contribution in [3.8, 4) is 6.07 Å². The van der Waals surface area contributed by atoms with Crippen molar-refractivity contribution in [3.63, 3.8) is 0 Å². The average molecular weight is 614 g/mol. The molecule has 214 valence electrons. The third-order valence-corrected chi connectivity index (χ3v) is 11.0. The van der Waals surface area contributed by atoms with Gasteiger partial charge in [-0.1, -0.05) is 87.5 Å². The van der Waals surface area contributed by atoms with Gasteiger partial charge in [0.15, 0.2) is 0 Å². The second kappa shape index (κ2) is 10.2. The molecule has 0 atom stereocenters. The summed E-state index contributed by atoms with van der Waals surface area (Å²) in [5.41, 5.74) is 4.85. The summed E-state index contributed by atoms with van der Waals surface area (Å²) in [6.07, 6.45) is 1.68. The van der Waals surface area contributed by atoms with E-state index in [0.29, 0.717) is 0 Å². The van der Waals surface area contributed by atoms with Gasteiger partial charge in [0.25, 0.3) is 5.70 Å². The predicted molar refractivity (Wildman–Crippen MR) is 194 cm³/mol. The first kappa shape index (κ1) is 27.4. The molecule has 3 nitrogen and oxygen atoms in total. The maximum atomic E-state index is 9.23. The molecule has 0 bridgehead atoms. The molecule has 0 N–H and O–H groups in total. The van der Waals surface area contributed by atoms with E-state index in [1.807, 2.05) is 6.07 Å². The molecule has 0 spiro atoms. The van der Waals surface area contributed by atoms with Crippen LogP contribution < -0.4 is 4.90 Å². The Bertz CT molecular complexity index is 2510. The lowest BCUT2D eigenvalue weighted by Gasteiger charge is -2.28. The van der Waals surface area contributed by atoms with Gasteiger partial charge < -0.3 is 4.90 Å². The van der Waals surface area contributed by atoms with E-state index < -0.39 is 0 Å². The van der Waals surface area contributed by atoms with Crippen molar-refractivity contribution in [1.82, 2.24) is 0 Å². The van der Waals surface area contributed by atoms with Gasteiger partial charge in [0.1, 0.15) is 0 Å². The zero-order valence-electron chi connectivity index (χ0n) is 25.1. The third-order valence-electron chi connectivity index (χ3n) is 8.66. The highest BCUT2D eigenvalue weighted by molar-refractivity contribution is 7.33. The van der Waals surface area contributed by atoms with Crippen LogP contribution in [-0.2, 0) is 5.41 Å². The van der Waals surface area contributed by atoms with Gasteiger partial charge in [0, 0.05) is 36.4 Å². The second-order valence-corrected chi connectivity index (χ2v) is 14.6. The smallest absolute Gasteiger partial charge is 0.263 e. The van der Waals surface area contributed by atoms with Crippen molar-refractivity contribution in [2.24, 2.45) is 0 Å². The number of hydrogen-bond donors (Lipinski definition) is 0. The van der Waals surface area contributed by atoms with E-state index in [2.05, 4.69) is 134 Å². The molecule has 0 aliphatic rings. The third kappa shape index (κ3) is 4.44. The van der Waals surface area contributed by atoms with Crippen LogP contribution in [-0.4, -0.2) is 0 Å². The summed E-state index contributed by atoms with van der Waals surface area (Å²) in [7, 11) is 0. The van der Waals surface area contributed by atoms with Gasteiger partial charge in [-0.25, -0.2) is 10.1 Å². The zero-order valence-corrected chi connectivity index (χ0v) is 26.7. The van der Waals surface area contributed by atoms with Gasteiger partial charge in [-0.15, -0.1) is 22.7 Å². The lowest BCUT2D eigenvalue weighted by atomic mass is 9.87. The van der Waals surface area contributed by atoms with Crippen LogP contribution in [0.3, 0.4) is 0 Å². The van der Waals surface area contributed by atoms with Crippen LogP contribution in [0.25, 0.3) is 62.7 Å². The van der Waals surface area contributed by atoms with Crippen molar-refractivity contribution < 1.29 is 0 Å². The molecule has 0 aliphatic heterocycles. The Morgan fingerprint density at radius 1 is 0.756 bits per heavy atom. The number of rotatable bonds is 4. The first-order chi connectivity index (χ1) is 21.8. The topological polar surface area (TPSA) is 31.4 Å². The number of nitrogens with zero attached hydrogens (tertiary/aromatic N) is 3. The fourth-order valence-electron chi connectivity index (χ4n) is 6.44. The molecule has 5 heteroatoms. The lowest BCUT2D eigenvalue weighted by Crippen LogP contribution is -2.13. The highest BCUT2D eigenvalue weighted by Crippen LogP contribution is 2.47. The Kier molecular flexibility index (Phi) is 6.19. The number of benzene rings is 6. The molecule has 45 heavy (non-hydrogen) atoms. The van der Waals surface area contributed by atoms with E-state index in [9.17, 15) is 5.26 Å².